The molecule has 102 valence electrons. The fourth-order valence-corrected chi connectivity index (χ4v) is 3.41. The quantitative estimate of drug-likeness (QED) is 0.574. The average Bonchev–Trinajstić information content (AvgIpc) is 2.93. The Kier molecular flexibility index (Phi) is 2.65. The Morgan fingerprint density at radius 3 is 2.71 bits per heavy atom. The number of pyridine rings is 1. The summed E-state index contributed by atoms with van der Waals surface area (Å²) in [5.74, 6) is 0. The van der Waals surface area contributed by atoms with Gasteiger partial charge in [-0.3, -0.25) is 4.79 Å². The van der Waals surface area contributed by atoms with Crippen LogP contribution in [-0.2, 0) is 0 Å². The maximum absolute atomic E-state index is 12.8. The Hall–Kier alpha value is -2.46. The van der Waals surface area contributed by atoms with Crippen molar-refractivity contribution in [3.05, 3.63) is 64.3 Å². The largest absolute Gasteiger partial charge is 0.345 e. The molecule has 0 atom stereocenters. The molecule has 4 aromatic rings. The summed E-state index contributed by atoms with van der Waals surface area (Å²) in [5, 5.41) is 1.41. The van der Waals surface area contributed by atoms with Crippen LogP contribution < -0.4 is 5.43 Å². The highest BCUT2D eigenvalue weighted by atomic mass is 32.1. The molecule has 0 aliphatic carbocycles. The van der Waals surface area contributed by atoms with Crippen LogP contribution in [0.3, 0.4) is 0 Å². The Balaban J connectivity index is 2.14. The fraction of sp³-hybridized carbons (Fsp3) is 0.0588. The average molecular weight is 292 g/mol. The summed E-state index contributed by atoms with van der Waals surface area (Å²) in [7, 11) is 0. The second-order valence-electron chi connectivity index (χ2n) is 5.10. The zero-order chi connectivity index (χ0) is 14.4. The third-order valence-corrected chi connectivity index (χ3v) is 4.40. The first kappa shape index (κ1) is 12.3. The number of rotatable bonds is 1. The van der Waals surface area contributed by atoms with Gasteiger partial charge in [-0.2, -0.15) is 4.37 Å². The molecule has 0 saturated carbocycles. The molecule has 4 rings (SSSR count). The van der Waals surface area contributed by atoms with E-state index in [0.717, 1.165) is 32.6 Å². The van der Waals surface area contributed by atoms with E-state index in [2.05, 4.69) is 9.36 Å². The molecule has 0 bridgehead atoms. The van der Waals surface area contributed by atoms with Gasteiger partial charge in [0.25, 0.3) is 0 Å². The van der Waals surface area contributed by atoms with E-state index < -0.39 is 0 Å². The normalized spacial score (nSPS) is 11.3. The maximum atomic E-state index is 12.8. The molecule has 0 aliphatic rings. The SMILES string of the molecule is Cc1ccc2[nH]c3snc(-c4ccccc4)c3c(=O)c2c1. The summed E-state index contributed by atoms with van der Waals surface area (Å²) in [5.41, 5.74) is 3.73. The van der Waals surface area contributed by atoms with Gasteiger partial charge in [0.2, 0.25) is 0 Å². The Bertz CT molecular complexity index is 1020. The van der Waals surface area contributed by atoms with Crippen molar-refractivity contribution in [1.82, 2.24) is 9.36 Å². The van der Waals surface area contributed by atoms with E-state index in [4.69, 9.17) is 0 Å². The van der Waals surface area contributed by atoms with Crippen LogP contribution in [0.25, 0.3) is 32.4 Å². The van der Waals surface area contributed by atoms with Crippen LogP contribution in [0.2, 0.25) is 0 Å². The van der Waals surface area contributed by atoms with Crippen molar-refractivity contribution in [2.24, 2.45) is 0 Å². The minimum absolute atomic E-state index is 0.0510. The lowest BCUT2D eigenvalue weighted by atomic mass is 10.1. The van der Waals surface area contributed by atoms with Crippen molar-refractivity contribution in [2.45, 2.75) is 6.92 Å². The number of benzene rings is 2. The molecule has 0 saturated heterocycles. The van der Waals surface area contributed by atoms with Crippen molar-refractivity contribution >= 4 is 32.7 Å². The zero-order valence-corrected chi connectivity index (χ0v) is 12.2. The number of fused-ring (bicyclic) bond motifs is 2. The first-order valence-electron chi connectivity index (χ1n) is 6.71. The molecule has 0 aliphatic heterocycles. The van der Waals surface area contributed by atoms with Crippen LogP contribution >= 0.6 is 11.5 Å². The second-order valence-corrected chi connectivity index (χ2v) is 5.88. The Morgan fingerprint density at radius 2 is 1.90 bits per heavy atom. The lowest BCUT2D eigenvalue weighted by molar-refractivity contribution is 1.45. The number of H-pyrrole nitrogens is 1. The molecular weight excluding hydrogens is 280 g/mol. The first-order chi connectivity index (χ1) is 10.2. The minimum Gasteiger partial charge on any atom is -0.345 e. The first-order valence-corrected chi connectivity index (χ1v) is 7.49. The summed E-state index contributed by atoms with van der Waals surface area (Å²) in [6, 6.07) is 15.7. The van der Waals surface area contributed by atoms with Gasteiger partial charge in [-0.15, -0.1) is 0 Å². The molecule has 0 spiro atoms. The number of hydrogen-bond donors (Lipinski definition) is 1. The van der Waals surface area contributed by atoms with Crippen LogP contribution in [0.15, 0.2) is 53.3 Å². The Morgan fingerprint density at radius 1 is 1.10 bits per heavy atom. The van der Waals surface area contributed by atoms with Crippen molar-refractivity contribution in [3.63, 3.8) is 0 Å². The van der Waals surface area contributed by atoms with Crippen LogP contribution in [0, 0.1) is 6.92 Å². The lowest BCUT2D eigenvalue weighted by Crippen LogP contribution is -2.03. The number of hydrogen-bond acceptors (Lipinski definition) is 3. The Labute approximate surface area is 125 Å². The molecule has 0 radical (unpaired) electrons. The molecule has 1 N–H and O–H groups in total. The molecule has 21 heavy (non-hydrogen) atoms. The van der Waals surface area contributed by atoms with E-state index in [0.29, 0.717) is 5.39 Å². The van der Waals surface area contributed by atoms with Gasteiger partial charge in [0.15, 0.2) is 5.43 Å². The summed E-state index contributed by atoms with van der Waals surface area (Å²) in [6.07, 6.45) is 0. The number of aryl methyl sites for hydroxylation is 1. The van der Waals surface area contributed by atoms with Gasteiger partial charge in [-0.05, 0) is 30.6 Å². The van der Waals surface area contributed by atoms with Gasteiger partial charge in [-0.1, -0.05) is 42.0 Å². The summed E-state index contributed by atoms with van der Waals surface area (Å²) < 4.78 is 4.48. The van der Waals surface area contributed by atoms with Crippen molar-refractivity contribution < 1.29 is 0 Å². The number of nitrogens with one attached hydrogen (secondary N) is 1. The third-order valence-electron chi connectivity index (χ3n) is 3.63. The van der Waals surface area contributed by atoms with Crippen LogP contribution in [-0.4, -0.2) is 9.36 Å². The second kappa shape index (κ2) is 4.53. The van der Waals surface area contributed by atoms with E-state index in [1.54, 1.807) is 0 Å². The van der Waals surface area contributed by atoms with E-state index in [1.165, 1.54) is 11.5 Å². The van der Waals surface area contributed by atoms with Gasteiger partial charge in [0.05, 0.1) is 16.6 Å². The highest BCUT2D eigenvalue weighted by molar-refractivity contribution is 7.13. The molecule has 2 aromatic carbocycles. The van der Waals surface area contributed by atoms with Gasteiger partial charge in [0.1, 0.15) is 4.83 Å². The monoisotopic (exact) mass is 292 g/mol. The third kappa shape index (κ3) is 1.87. The summed E-state index contributed by atoms with van der Waals surface area (Å²) >= 11 is 1.34. The molecule has 2 heterocycles. The van der Waals surface area contributed by atoms with Crippen LogP contribution in [0.4, 0.5) is 0 Å². The zero-order valence-electron chi connectivity index (χ0n) is 11.4. The van der Waals surface area contributed by atoms with Crippen LogP contribution in [0.5, 0.6) is 0 Å². The number of nitrogens with zero attached hydrogens (tertiary/aromatic N) is 1. The molecule has 0 amide bonds. The highest BCUT2D eigenvalue weighted by Gasteiger charge is 2.14. The minimum atomic E-state index is 0.0510. The summed E-state index contributed by atoms with van der Waals surface area (Å²) in [4.78, 5) is 17.0. The molecule has 2 aromatic heterocycles. The van der Waals surface area contributed by atoms with Gasteiger partial charge < -0.3 is 4.98 Å². The highest BCUT2D eigenvalue weighted by Crippen LogP contribution is 2.28. The van der Waals surface area contributed by atoms with Gasteiger partial charge >= 0.3 is 0 Å². The van der Waals surface area contributed by atoms with E-state index in [1.807, 2.05) is 55.5 Å². The van der Waals surface area contributed by atoms with Crippen molar-refractivity contribution in [1.29, 1.82) is 0 Å². The fourth-order valence-electron chi connectivity index (χ4n) is 2.59. The van der Waals surface area contributed by atoms with Crippen molar-refractivity contribution in [3.8, 4) is 11.3 Å². The standard InChI is InChI=1S/C17H12N2OS/c1-10-7-8-13-12(9-10)16(20)14-15(19-21-17(14)18-13)11-5-3-2-4-6-11/h2-9H,1H3,(H,18,20). The van der Waals surface area contributed by atoms with E-state index >= 15 is 0 Å². The number of aromatic amines is 1. The molecule has 0 unspecified atom stereocenters. The predicted octanol–water partition coefficient (Wildman–Crippen LogP) is 4.11. The smallest absolute Gasteiger partial charge is 0.200 e. The molecule has 3 nitrogen and oxygen atoms in total. The van der Waals surface area contributed by atoms with Gasteiger partial charge in [-0.25, -0.2) is 0 Å². The predicted molar refractivity (Wildman–Crippen MR) is 87.9 cm³/mol. The van der Waals surface area contributed by atoms with Crippen molar-refractivity contribution in [2.75, 3.05) is 0 Å². The van der Waals surface area contributed by atoms with Gasteiger partial charge in [0, 0.05) is 10.9 Å². The number of aromatic nitrogens is 2. The topological polar surface area (TPSA) is 45.8 Å². The maximum Gasteiger partial charge on any atom is 0.200 e. The molecule has 4 heteroatoms. The summed E-state index contributed by atoms with van der Waals surface area (Å²) in [6.45, 7) is 1.99. The molecule has 0 fully saturated rings. The van der Waals surface area contributed by atoms with Crippen LogP contribution in [0.1, 0.15) is 5.56 Å². The lowest BCUT2D eigenvalue weighted by Gasteiger charge is -2.01. The van der Waals surface area contributed by atoms with E-state index in [9.17, 15) is 4.79 Å². The van der Waals surface area contributed by atoms with E-state index in [-0.39, 0.29) is 5.43 Å². The molecular formula is C17H12N2OS.